The molecule has 2 aliphatic rings. The number of para-hydroxylation sites is 1. The number of urea groups is 1. The summed E-state index contributed by atoms with van der Waals surface area (Å²) in [4.78, 5) is 28.6. The van der Waals surface area contributed by atoms with E-state index in [0.29, 0.717) is 19.6 Å². The molecule has 0 saturated carbocycles. The van der Waals surface area contributed by atoms with Crippen molar-refractivity contribution in [2.75, 3.05) is 31.1 Å². The first-order chi connectivity index (χ1) is 11.6. The number of amides is 3. The lowest BCUT2D eigenvalue weighted by Gasteiger charge is -2.33. The molecule has 1 aromatic carbocycles. The van der Waals surface area contributed by atoms with Crippen LogP contribution in [0.3, 0.4) is 0 Å². The summed E-state index contributed by atoms with van der Waals surface area (Å²) in [7, 11) is 0. The van der Waals surface area contributed by atoms with Crippen LogP contribution in [0.15, 0.2) is 24.3 Å². The summed E-state index contributed by atoms with van der Waals surface area (Å²) in [5.41, 5.74) is 2.12. The van der Waals surface area contributed by atoms with Gasteiger partial charge in [-0.1, -0.05) is 18.2 Å². The van der Waals surface area contributed by atoms with Gasteiger partial charge in [0, 0.05) is 31.9 Å². The maximum Gasteiger partial charge on any atom is 0.318 e. The third-order valence-electron chi connectivity index (χ3n) is 4.93. The molecule has 1 fully saturated rings. The molecule has 2 heterocycles. The Balaban J connectivity index is 1.59. The highest BCUT2D eigenvalue weighted by Gasteiger charge is 2.30. The van der Waals surface area contributed by atoms with E-state index < -0.39 is 6.04 Å². The molecule has 1 saturated heterocycles. The predicted molar refractivity (Wildman–Crippen MR) is 91.9 cm³/mol. The highest BCUT2D eigenvalue weighted by molar-refractivity contribution is 6.00. The average Bonchev–Trinajstić information content (AvgIpc) is 3.05. The predicted octanol–water partition coefficient (Wildman–Crippen LogP) is 1.38. The van der Waals surface area contributed by atoms with Crippen molar-refractivity contribution in [2.24, 2.45) is 5.92 Å². The van der Waals surface area contributed by atoms with Gasteiger partial charge in [-0.3, -0.25) is 4.79 Å². The van der Waals surface area contributed by atoms with Crippen LogP contribution >= 0.6 is 0 Å². The molecular weight excluding hydrogens is 306 g/mol. The van der Waals surface area contributed by atoms with Gasteiger partial charge in [0.1, 0.15) is 6.04 Å². The largest absolute Gasteiger partial charge is 0.396 e. The lowest BCUT2D eigenvalue weighted by Crippen LogP contribution is -2.53. The van der Waals surface area contributed by atoms with E-state index in [1.165, 1.54) is 5.56 Å². The summed E-state index contributed by atoms with van der Waals surface area (Å²) < 4.78 is 0. The number of carbonyl (C=O) groups is 2. The van der Waals surface area contributed by atoms with Crippen molar-refractivity contribution in [1.29, 1.82) is 0 Å². The van der Waals surface area contributed by atoms with Gasteiger partial charge < -0.3 is 20.2 Å². The highest BCUT2D eigenvalue weighted by Crippen LogP contribution is 2.27. The van der Waals surface area contributed by atoms with Crippen molar-refractivity contribution in [3.05, 3.63) is 29.8 Å². The number of aliphatic hydroxyl groups is 1. The minimum absolute atomic E-state index is 0.0796. The molecule has 1 aromatic rings. The van der Waals surface area contributed by atoms with Crippen molar-refractivity contribution in [3.8, 4) is 0 Å². The van der Waals surface area contributed by atoms with E-state index in [9.17, 15) is 14.7 Å². The lowest BCUT2D eigenvalue weighted by atomic mass is 9.99. The Kier molecular flexibility index (Phi) is 5.04. The Morgan fingerprint density at radius 1 is 1.33 bits per heavy atom. The van der Waals surface area contributed by atoms with Crippen LogP contribution in [0.25, 0.3) is 0 Å². The molecule has 0 aliphatic carbocycles. The van der Waals surface area contributed by atoms with Crippen LogP contribution in [0.1, 0.15) is 25.3 Å². The Labute approximate surface area is 142 Å². The molecule has 6 heteroatoms. The summed E-state index contributed by atoms with van der Waals surface area (Å²) in [6, 6.07) is 7.10. The van der Waals surface area contributed by atoms with E-state index in [0.717, 1.165) is 24.9 Å². The monoisotopic (exact) mass is 331 g/mol. The van der Waals surface area contributed by atoms with Gasteiger partial charge in [0.05, 0.1) is 0 Å². The van der Waals surface area contributed by atoms with Gasteiger partial charge in [-0.05, 0) is 43.7 Å². The van der Waals surface area contributed by atoms with Gasteiger partial charge >= 0.3 is 6.03 Å². The number of nitrogens with zero attached hydrogens (tertiary/aromatic N) is 2. The van der Waals surface area contributed by atoms with Crippen LogP contribution in [-0.4, -0.2) is 54.2 Å². The first-order valence-corrected chi connectivity index (χ1v) is 8.65. The molecule has 6 nitrogen and oxygen atoms in total. The van der Waals surface area contributed by atoms with Crippen molar-refractivity contribution in [3.63, 3.8) is 0 Å². The number of piperidine rings is 1. The highest BCUT2D eigenvalue weighted by atomic mass is 16.3. The molecule has 0 radical (unpaired) electrons. The minimum Gasteiger partial charge on any atom is -0.396 e. The topological polar surface area (TPSA) is 72.9 Å². The molecule has 24 heavy (non-hydrogen) atoms. The van der Waals surface area contributed by atoms with Gasteiger partial charge in [0.2, 0.25) is 5.91 Å². The van der Waals surface area contributed by atoms with Crippen LogP contribution < -0.4 is 10.2 Å². The normalized spacial score (nSPS) is 21.3. The van der Waals surface area contributed by atoms with E-state index >= 15 is 0 Å². The standard InChI is InChI=1S/C18H25N3O3/c1-13(19-18(24)20-9-4-5-14(11-20)12-22)17(23)21-10-8-15-6-2-3-7-16(15)21/h2-3,6-7,13-14,22H,4-5,8-12H2,1H3,(H,19,24)/t13-,14+/m1/s1. The maximum atomic E-state index is 12.7. The van der Waals surface area contributed by atoms with Gasteiger partial charge in [0.15, 0.2) is 0 Å². The fourth-order valence-electron chi connectivity index (χ4n) is 3.54. The number of anilines is 1. The number of hydrogen-bond acceptors (Lipinski definition) is 3. The van der Waals surface area contributed by atoms with Crippen molar-refractivity contribution < 1.29 is 14.7 Å². The van der Waals surface area contributed by atoms with E-state index in [-0.39, 0.29) is 24.5 Å². The molecule has 2 aliphatic heterocycles. The van der Waals surface area contributed by atoms with E-state index in [2.05, 4.69) is 5.32 Å². The van der Waals surface area contributed by atoms with Crippen LogP contribution in [-0.2, 0) is 11.2 Å². The number of aliphatic hydroxyl groups excluding tert-OH is 1. The summed E-state index contributed by atoms with van der Waals surface area (Å²) in [5.74, 6) is 0.0602. The number of carbonyl (C=O) groups excluding carboxylic acids is 2. The molecule has 130 valence electrons. The Bertz CT molecular complexity index is 619. The summed E-state index contributed by atoms with van der Waals surface area (Å²) in [5, 5.41) is 12.1. The molecule has 0 unspecified atom stereocenters. The average molecular weight is 331 g/mol. The van der Waals surface area contributed by atoms with Gasteiger partial charge in [-0.15, -0.1) is 0 Å². The van der Waals surface area contributed by atoms with Crippen molar-refractivity contribution in [1.82, 2.24) is 10.2 Å². The molecule has 0 spiro atoms. The maximum absolute atomic E-state index is 12.7. The van der Waals surface area contributed by atoms with Gasteiger partial charge in [-0.2, -0.15) is 0 Å². The molecular formula is C18H25N3O3. The smallest absolute Gasteiger partial charge is 0.318 e. The third-order valence-corrected chi connectivity index (χ3v) is 4.93. The van der Waals surface area contributed by atoms with Crippen LogP contribution in [0.2, 0.25) is 0 Å². The molecule has 2 N–H and O–H groups in total. The minimum atomic E-state index is -0.571. The van der Waals surface area contributed by atoms with Gasteiger partial charge in [-0.25, -0.2) is 4.79 Å². The molecule has 3 rings (SSSR count). The molecule has 0 bridgehead atoms. The second-order valence-corrected chi connectivity index (χ2v) is 6.68. The zero-order valence-electron chi connectivity index (χ0n) is 14.1. The summed E-state index contributed by atoms with van der Waals surface area (Å²) in [6.45, 7) is 3.72. The zero-order chi connectivity index (χ0) is 17.1. The summed E-state index contributed by atoms with van der Waals surface area (Å²) in [6.07, 6.45) is 2.69. The lowest BCUT2D eigenvalue weighted by molar-refractivity contribution is -0.120. The first kappa shape index (κ1) is 16.8. The molecule has 0 aromatic heterocycles. The van der Waals surface area contributed by atoms with Crippen molar-refractivity contribution in [2.45, 2.75) is 32.2 Å². The number of likely N-dealkylation sites (tertiary alicyclic amines) is 1. The molecule has 2 atom stereocenters. The Morgan fingerprint density at radius 3 is 2.92 bits per heavy atom. The first-order valence-electron chi connectivity index (χ1n) is 8.65. The number of nitrogens with one attached hydrogen (secondary N) is 1. The van der Waals surface area contributed by atoms with E-state index in [1.54, 1.807) is 16.7 Å². The number of fused-ring (bicyclic) bond motifs is 1. The zero-order valence-corrected chi connectivity index (χ0v) is 14.1. The fraction of sp³-hybridized carbons (Fsp3) is 0.556. The Morgan fingerprint density at radius 2 is 2.12 bits per heavy atom. The third kappa shape index (κ3) is 3.38. The second kappa shape index (κ2) is 7.21. The number of hydrogen-bond donors (Lipinski definition) is 2. The van der Waals surface area contributed by atoms with Crippen LogP contribution in [0.4, 0.5) is 10.5 Å². The quantitative estimate of drug-likeness (QED) is 0.879. The second-order valence-electron chi connectivity index (χ2n) is 6.68. The van der Waals surface area contributed by atoms with Crippen LogP contribution in [0, 0.1) is 5.92 Å². The van der Waals surface area contributed by atoms with Crippen LogP contribution in [0.5, 0.6) is 0 Å². The van der Waals surface area contributed by atoms with Gasteiger partial charge in [0.25, 0.3) is 0 Å². The SMILES string of the molecule is C[C@@H](NC(=O)N1CCC[C@H](CO)C1)C(=O)N1CCc2ccccc21. The number of rotatable bonds is 3. The van der Waals surface area contributed by atoms with E-state index in [1.807, 2.05) is 24.3 Å². The molecule has 3 amide bonds. The fourth-order valence-corrected chi connectivity index (χ4v) is 3.54. The van der Waals surface area contributed by atoms with Crippen molar-refractivity contribution >= 4 is 17.6 Å². The number of benzene rings is 1. The Hall–Kier alpha value is -2.08. The van der Waals surface area contributed by atoms with E-state index in [4.69, 9.17) is 0 Å². The summed E-state index contributed by atoms with van der Waals surface area (Å²) >= 11 is 0.